The molecule has 0 saturated carbocycles. The van der Waals surface area contributed by atoms with Crippen LogP contribution in [0.3, 0.4) is 0 Å². The molecular formula is C8H8N4O. The minimum absolute atomic E-state index is 0.219. The van der Waals surface area contributed by atoms with Crippen molar-refractivity contribution in [2.45, 2.75) is 0 Å². The second-order valence-electron chi connectivity index (χ2n) is 2.60. The van der Waals surface area contributed by atoms with Crippen molar-refractivity contribution in [3.63, 3.8) is 0 Å². The number of nitrogens with two attached hydrogens (primary N) is 1. The van der Waals surface area contributed by atoms with E-state index in [2.05, 4.69) is 10.3 Å². The molecule has 3 N–H and O–H groups in total. The lowest BCUT2D eigenvalue weighted by atomic mass is 10.3. The minimum atomic E-state index is 0.219. The van der Waals surface area contributed by atoms with Crippen LogP contribution in [0.1, 0.15) is 0 Å². The van der Waals surface area contributed by atoms with Gasteiger partial charge in [0.25, 0.3) is 0 Å². The first kappa shape index (κ1) is 7.60. The Hall–Kier alpha value is -2.04. The molecule has 0 unspecified atom stereocenters. The number of phenols is 1. The summed E-state index contributed by atoms with van der Waals surface area (Å²) >= 11 is 0. The summed E-state index contributed by atoms with van der Waals surface area (Å²) in [7, 11) is 0. The van der Waals surface area contributed by atoms with Gasteiger partial charge in [-0.25, -0.2) is 4.68 Å². The Bertz CT molecular complexity index is 406. The fourth-order valence-electron chi connectivity index (χ4n) is 1.01. The Balaban J connectivity index is 2.41. The zero-order chi connectivity index (χ0) is 9.26. The number of hydrogen-bond acceptors (Lipinski definition) is 4. The summed E-state index contributed by atoms with van der Waals surface area (Å²) in [4.78, 5) is 0. The molecule has 0 saturated heterocycles. The molecule has 5 nitrogen and oxygen atoms in total. The molecule has 1 aromatic carbocycles. The standard InChI is InChI=1S/C8H8N4O/c9-8-5-12(11-10-8)6-1-3-7(13)4-2-6/h1-5,13H,9H2. The van der Waals surface area contributed by atoms with Crippen LogP contribution in [-0.2, 0) is 0 Å². The number of phenolic OH excluding ortho intramolecular Hbond substituents is 1. The van der Waals surface area contributed by atoms with E-state index in [0.29, 0.717) is 5.82 Å². The van der Waals surface area contributed by atoms with E-state index in [1.54, 1.807) is 30.5 Å². The Morgan fingerprint density at radius 2 is 1.92 bits per heavy atom. The van der Waals surface area contributed by atoms with Crippen LogP contribution >= 0.6 is 0 Å². The van der Waals surface area contributed by atoms with E-state index in [0.717, 1.165) is 5.69 Å². The Morgan fingerprint density at radius 1 is 1.23 bits per heavy atom. The lowest BCUT2D eigenvalue weighted by Crippen LogP contribution is -1.93. The summed E-state index contributed by atoms with van der Waals surface area (Å²) < 4.78 is 1.54. The fourth-order valence-corrected chi connectivity index (χ4v) is 1.01. The van der Waals surface area contributed by atoms with Gasteiger partial charge in [-0.3, -0.25) is 0 Å². The van der Waals surface area contributed by atoms with Crippen molar-refractivity contribution in [3.8, 4) is 11.4 Å². The van der Waals surface area contributed by atoms with Crippen LogP contribution in [0.2, 0.25) is 0 Å². The highest BCUT2D eigenvalue weighted by Crippen LogP contribution is 2.12. The summed E-state index contributed by atoms with van der Waals surface area (Å²) in [5, 5.41) is 16.5. The van der Waals surface area contributed by atoms with Gasteiger partial charge in [-0.1, -0.05) is 5.21 Å². The van der Waals surface area contributed by atoms with Gasteiger partial charge >= 0.3 is 0 Å². The molecule has 0 spiro atoms. The Labute approximate surface area is 74.4 Å². The average molecular weight is 176 g/mol. The molecule has 0 aliphatic rings. The quantitative estimate of drug-likeness (QED) is 0.665. The molecule has 1 aromatic heterocycles. The molecule has 0 fully saturated rings. The van der Waals surface area contributed by atoms with E-state index in [-0.39, 0.29) is 5.75 Å². The largest absolute Gasteiger partial charge is 0.508 e. The van der Waals surface area contributed by atoms with Crippen molar-refractivity contribution >= 4 is 5.82 Å². The van der Waals surface area contributed by atoms with Crippen LogP contribution in [0, 0.1) is 0 Å². The van der Waals surface area contributed by atoms with Gasteiger partial charge in [0.2, 0.25) is 0 Å². The predicted molar refractivity (Wildman–Crippen MR) is 47.4 cm³/mol. The Morgan fingerprint density at radius 3 is 2.46 bits per heavy atom. The summed E-state index contributed by atoms with van der Waals surface area (Å²) in [5.74, 6) is 0.588. The maximum Gasteiger partial charge on any atom is 0.166 e. The lowest BCUT2D eigenvalue weighted by Gasteiger charge is -1.98. The third-order valence-electron chi connectivity index (χ3n) is 1.63. The first-order valence-electron chi connectivity index (χ1n) is 3.73. The van der Waals surface area contributed by atoms with Gasteiger partial charge in [-0.15, -0.1) is 5.10 Å². The van der Waals surface area contributed by atoms with Crippen LogP contribution in [0.5, 0.6) is 5.75 Å². The second-order valence-corrected chi connectivity index (χ2v) is 2.60. The summed E-state index contributed by atoms with van der Waals surface area (Å²) in [6.45, 7) is 0. The molecule has 0 amide bonds. The predicted octanol–water partition coefficient (Wildman–Crippen LogP) is 0.555. The van der Waals surface area contributed by atoms with Gasteiger partial charge in [-0.05, 0) is 24.3 Å². The molecule has 0 atom stereocenters. The fraction of sp³-hybridized carbons (Fsp3) is 0. The van der Waals surface area contributed by atoms with E-state index >= 15 is 0 Å². The summed E-state index contributed by atoms with van der Waals surface area (Å²) in [6.07, 6.45) is 1.60. The van der Waals surface area contributed by atoms with Gasteiger partial charge < -0.3 is 10.8 Å². The molecule has 5 heteroatoms. The number of rotatable bonds is 1. The highest BCUT2D eigenvalue weighted by molar-refractivity contribution is 5.37. The number of anilines is 1. The molecule has 2 rings (SSSR count). The van der Waals surface area contributed by atoms with E-state index < -0.39 is 0 Å². The van der Waals surface area contributed by atoms with Gasteiger partial charge in [0, 0.05) is 0 Å². The zero-order valence-electron chi connectivity index (χ0n) is 6.75. The number of nitrogen functional groups attached to an aromatic ring is 1. The van der Waals surface area contributed by atoms with E-state index in [9.17, 15) is 0 Å². The maximum atomic E-state index is 9.04. The van der Waals surface area contributed by atoms with Crippen molar-refractivity contribution in [2.75, 3.05) is 5.73 Å². The first-order chi connectivity index (χ1) is 6.25. The highest BCUT2D eigenvalue weighted by atomic mass is 16.3. The number of hydrogen-bond donors (Lipinski definition) is 2. The molecule has 1 heterocycles. The van der Waals surface area contributed by atoms with Crippen LogP contribution in [-0.4, -0.2) is 20.1 Å². The number of benzene rings is 1. The van der Waals surface area contributed by atoms with Crippen LogP contribution in [0.15, 0.2) is 30.5 Å². The van der Waals surface area contributed by atoms with Gasteiger partial charge in [0.05, 0.1) is 11.9 Å². The number of aromatic nitrogens is 3. The summed E-state index contributed by atoms with van der Waals surface area (Å²) in [6, 6.07) is 6.60. The second kappa shape index (κ2) is 2.78. The van der Waals surface area contributed by atoms with Gasteiger partial charge in [0.1, 0.15) is 5.75 Å². The normalized spacial score (nSPS) is 10.2. The van der Waals surface area contributed by atoms with Gasteiger partial charge in [-0.2, -0.15) is 0 Å². The third kappa shape index (κ3) is 1.44. The lowest BCUT2D eigenvalue weighted by molar-refractivity contribution is 0.475. The monoisotopic (exact) mass is 176 g/mol. The number of nitrogens with zero attached hydrogens (tertiary/aromatic N) is 3. The maximum absolute atomic E-state index is 9.04. The van der Waals surface area contributed by atoms with E-state index in [1.807, 2.05) is 0 Å². The summed E-state index contributed by atoms with van der Waals surface area (Å²) in [5.41, 5.74) is 6.21. The third-order valence-corrected chi connectivity index (χ3v) is 1.63. The molecule has 0 aliphatic heterocycles. The van der Waals surface area contributed by atoms with Crippen molar-refractivity contribution in [2.24, 2.45) is 0 Å². The zero-order valence-corrected chi connectivity index (χ0v) is 6.75. The minimum Gasteiger partial charge on any atom is -0.508 e. The topological polar surface area (TPSA) is 77.0 Å². The van der Waals surface area contributed by atoms with Crippen molar-refractivity contribution in [1.29, 1.82) is 0 Å². The van der Waals surface area contributed by atoms with Crippen molar-refractivity contribution < 1.29 is 5.11 Å². The molecule has 13 heavy (non-hydrogen) atoms. The first-order valence-corrected chi connectivity index (χ1v) is 3.73. The molecule has 0 radical (unpaired) electrons. The van der Waals surface area contributed by atoms with Crippen LogP contribution < -0.4 is 5.73 Å². The van der Waals surface area contributed by atoms with Crippen molar-refractivity contribution in [1.82, 2.24) is 15.0 Å². The molecule has 0 aliphatic carbocycles. The molecule has 0 bridgehead atoms. The van der Waals surface area contributed by atoms with Gasteiger partial charge in [0.15, 0.2) is 5.82 Å². The van der Waals surface area contributed by atoms with Crippen LogP contribution in [0.4, 0.5) is 5.82 Å². The average Bonchev–Trinajstić information content (AvgIpc) is 2.53. The Kier molecular flexibility index (Phi) is 1.63. The highest BCUT2D eigenvalue weighted by Gasteiger charge is 1.98. The smallest absolute Gasteiger partial charge is 0.166 e. The number of aromatic hydroxyl groups is 1. The molecule has 66 valence electrons. The SMILES string of the molecule is Nc1cn(-c2ccc(O)cc2)nn1. The van der Waals surface area contributed by atoms with E-state index in [4.69, 9.17) is 10.8 Å². The molecule has 2 aromatic rings. The molecular weight excluding hydrogens is 168 g/mol. The van der Waals surface area contributed by atoms with Crippen molar-refractivity contribution in [3.05, 3.63) is 30.5 Å². The van der Waals surface area contributed by atoms with Crippen LogP contribution in [0.25, 0.3) is 5.69 Å². The van der Waals surface area contributed by atoms with E-state index in [1.165, 1.54) is 4.68 Å².